The third-order valence-corrected chi connectivity index (χ3v) is 5.63. The van der Waals surface area contributed by atoms with Gasteiger partial charge >= 0.3 is 0 Å². The Labute approximate surface area is 131 Å². The van der Waals surface area contributed by atoms with Crippen LogP contribution in [0.15, 0.2) is 12.4 Å². The number of aromatic nitrogens is 2. The molecule has 0 N–H and O–H groups in total. The maximum absolute atomic E-state index is 12.6. The van der Waals surface area contributed by atoms with E-state index in [0.717, 1.165) is 25.3 Å². The molecule has 6 nitrogen and oxygen atoms in total. The molecule has 4 heterocycles. The molecule has 1 aromatic heterocycles. The fourth-order valence-corrected chi connectivity index (χ4v) is 4.37. The van der Waals surface area contributed by atoms with Gasteiger partial charge in [0.05, 0.1) is 25.2 Å². The Morgan fingerprint density at radius 2 is 2.32 bits per heavy atom. The summed E-state index contributed by atoms with van der Waals surface area (Å²) in [7, 11) is 2.02. The molecule has 3 aliphatic heterocycles. The van der Waals surface area contributed by atoms with Crippen LogP contribution in [-0.2, 0) is 23.1 Å². The summed E-state index contributed by atoms with van der Waals surface area (Å²) in [4.78, 5) is 21.5. The molecule has 1 amide bonds. The van der Waals surface area contributed by atoms with Crippen LogP contribution in [0.5, 0.6) is 0 Å². The zero-order valence-electron chi connectivity index (χ0n) is 13.5. The lowest BCUT2D eigenvalue weighted by Gasteiger charge is -2.34. The molecular formula is C16H24N4O2. The van der Waals surface area contributed by atoms with Gasteiger partial charge in [0.1, 0.15) is 5.82 Å². The first-order valence-corrected chi connectivity index (χ1v) is 8.19. The predicted molar refractivity (Wildman–Crippen MR) is 80.8 cm³/mol. The zero-order chi connectivity index (χ0) is 15.5. The molecule has 1 spiro atoms. The fraction of sp³-hybridized carbons (Fsp3) is 0.750. The molecule has 4 rings (SSSR count). The average Bonchev–Trinajstić information content (AvgIpc) is 3.17. The van der Waals surface area contributed by atoms with Gasteiger partial charge in [-0.15, -0.1) is 0 Å². The number of likely N-dealkylation sites (tertiary alicyclic amines) is 1. The Morgan fingerprint density at radius 1 is 1.50 bits per heavy atom. The van der Waals surface area contributed by atoms with Gasteiger partial charge in [-0.05, 0) is 5.92 Å². The van der Waals surface area contributed by atoms with Gasteiger partial charge in [0.15, 0.2) is 5.72 Å². The maximum atomic E-state index is 12.6. The lowest BCUT2D eigenvalue weighted by molar-refractivity contribution is -0.139. The number of nitrogens with zero attached hydrogens (tertiary/aromatic N) is 4. The van der Waals surface area contributed by atoms with Gasteiger partial charge < -0.3 is 14.2 Å². The Hall–Kier alpha value is -1.40. The van der Waals surface area contributed by atoms with Crippen molar-refractivity contribution in [1.29, 1.82) is 0 Å². The van der Waals surface area contributed by atoms with Crippen molar-refractivity contribution in [3.63, 3.8) is 0 Å². The lowest BCUT2D eigenvalue weighted by Crippen LogP contribution is -2.50. The quantitative estimate of drug-likeness (QED) is 0.835. The molecule has 0 saturated carbocycles. The standard InChI is InChI=1S/C16H24N4O2/c1-11(2)12-10-22-16-4-6-19(9-14-17-5-7-18(14)3)13(16)8-15(21)20(12)16/h5,7,11-13H,4,6,8-10H2,1-3H3/t12-,13+,16-/m0/s1. The number of amides is 1. The van der Waals surface area contributed by atoms with E-state index in [1.165, 1.54) is 0 Å². The van der Waals surface area contributed by atoms with E-state index in [-0.39, 0.29) is 23.7 Å². The van der Waals surface area contributed by atoms with Crippen LogP contribution in [0.25, 0.3) is 0 Å². The summed E-state index contributed by atoms with van der Waals surface area (Å²) in [6.07, 6.45) is 5.28. The molecule has 3 saturated heterocycles. The Balaban J connectivity index is 1.60. The molecule has 0 bridgehead atoms. The molecule has 3 fully saturated rings. The van der Waals surface area contributed by atoms with Crippen LogP contribution < -0.4 is 0 Å². The van der Waals surface area contributed by atoms with E-state index in [0.29, 0.717) is 18.9 Å². The second-order valence-electron chi connectivity index (χ2n) is 7.13. The van der Waals surface area contributed by atoms with Crippen molar-refractivity contribution in [3.8, 4) is 0 Å². The largest absolute Gasteiger partial charge is 0.352 e. The second-order valence-corrected chi connectivity index (χ2v) is 7.13. The first-order valence-electron chi connectivity index (χ1n) is 8.19. The van der Waals surface area contributed by atoms with Crippen LogP contribution in [0.1, 0.15) is 32.5 Å². The van der Waals surface area contributed by atoms with E-state index in [1.54, 1.807) is 0 Å². The van der Waals surface area contributed by atoms with E-state index in [4.69, 9.17) is 4.74 Å². The summed E-state index contributed by atoms with van der Waals surface area (Å²) in [5.74, 6) is 1.73. The molecule has 0 unspecified atom stereocenters. The smallest absolute Gasteiger partial charge is 0.226 e. The van der Waals surface area contributed by atoms with Crippen molar-refractivity contribution in [3.05, 3.63) is 18.2 Å². The number of rotatable bonds is 3. The lowest BCUT2D eigenvalue weighted by atomic mass is 10.0. The molecule has 3 atom stereocenters. The van der Waals surface area contributed by atoms with Crippen LogP contribution in [-0.4, -0.2) is 56.2 Å². The van der Waals surface area contributed by atoms with E-state index in [1.807, 2.05) is 24.0 Å². The highest BCUT2D eigenvalue weighted by atomic mass is 16.5. The first kappa shape index (κ1) is 14.2. The molecule has 22 heavy (non-hydrogen) atoms. The van der Waals surface area contributed by atoms with Crippen LogP contribution in [0.2, 0.25) is 0 Å². The molecule has 1 aromatic rings. The van der Waals surface area contributed by atoms with E-state index in [2.05, 4.69) is 28.6 Å². The zero-order valence-corrected chi connectivity index (χ0v) is 13.5. The summed E-state index contributed by atoms with van der Waals surface area (Å²) in [6, 6.07) is 0.395. The van der Waals surface area contributed by atoms with Crippen molar-refractivity contribution in [1.82, 2.24) is 19.4 Å². The summed E-state index contributed by atoms with van der Waals surface area (Å²) in [5.41, 5.74) is -0.378. The molecular weight excluding hydrogens is 280 g/mol. The Morgan fingerprint density at radius 3 is 3.00 bits per heavy atom. The van der Waals surface area contributed by atoms with Crippen LogP contribution in [0.4, 0.5) is 0 Å². The number of imidazole rings is 1. The Kier molecular flexibility index (Phi) is 3.10. The molecule has 3 aliphatic rings. The van der Waals surface area contributed by atoms with E-state index in [9.17, 15) is 4.79 Å². The number of hydrogen-bond acceptors (Lipinski definition) is 4. The summed E-state index contributed by atoms with van der Waals surface area (Å²) in [5, 5.41) is 0. The third kappa shape index (κ3) is 1.80. The van der Waals surface area contributed by atoms with Crippen molar-refractivity contribution in [2.24, 2.45) is 13.0 Å². The van der Waals surface area contributed by atoms with Gasteiger partial charge in [-0.1, -0.05) is 13.8 Å². The fourth-order valence-electron chi connectivity index (χ4n) is 4.37. The van der Waals surface area contributed by atoms with Crippen LogP contribution >= 0.6 is 0 Å². The molecule has 6 heteroatoms. The predicted octanol–water partition coefficient (Wildman–Crippen LogP) is 0.978. The van der Waals surface area contributed by atoms with Crippen molar-refractivity contribution in [2.75, 3.05) is 13.2 Å². The minimum absolute atomic E-state index is 0.167. The highest BCUT2D eigenvalue weighted by Crippen LogP contribution is 2.49. The second kappa shape index (κ2) is 4.80. The summed E-state index contributed by atoms with van der Waals surface area (Å²) < 4.78 is 8.30. The van der Waals surface area contributed by atoms with Crippen molar-refractivity contribution in [2.45, 2.75) is 51.0 Å². The Bertz CT molecular complexity index is 599. The van der Waals surface area contributed by atoms with Crippen molar-refractivity contribution >= 4 is 5.91 Å². The van der Waals surface area contributed by atoms with Gasteiger partial charge in [-0.3, -0.25) is 9.69 Å². The highest BCUT2D eigenvalue weighted by molar-refractivity contribution is 5.82. The third-order valence-electron chi connectivity index (χ3n) is 5.63. The summed E-state index contributed by atoms with van der Waals surface area (Å²) >= 11 is 0. The van der Waals surface area contributed by atoms with Gasteiger partial charge in [0.25, 0.3) is 0 Å². The van der Waals surface area contributed by atoms with Crippen molar-refractivity contribution < 1.29 is 9.53 Å². The molecule has 120 valence electrons. The van der Waals surface area contributed by atoms with Gasteiger partial charge in [-0.25, -0.2) is 4.98 Å². The minimum Gasteiger partial charge on any atom is -0.352 e. The number of aryl methyl sites for hydroxylation is 1. The molecule has 0 aromatic carbocycles. The van der Waals surface area contributed by atoms with Gasteiger partial charge in [-0.2, -0.15) is 0 Å². The normalized spacial score (nSPS) is 34.7. The van der Waals surface area contributed by atoms with Crippen LogP contribution in [0, 0.1) is 5.92 Å². The monoisotopic (exact) mass is 304 g/mol. The SMILES string of the molecule is CC(C)[C@@H]1CO[C@@]23CCN(Cc4nccn4C)[C@@H]2CC(=O)N13. The van der Waals surface area contributed by atoms with E-state index < -0.39 is 0 Å². The van der Waals surface area contributed by atoms with Gasteiger partial charge in [0.2, 0.25) is 5.91 Å². The minimum atomic E-state index is -0.378. The molecule has 0 aliphatic carbocycles. The number of ether oxygens (including phenoxy) is 1. The number of carbonyl (C=O) groups is 1. The maximum Gasteiger partial charge on any atom is 0.226 e. The topological polar surface area (TPSA) is 50.6 Å². The average molecular weight is 304 g/mol. The number of carbonyl (C=O) groups excluding carboxylic acids is 1. The number of hydrogen-bond donors (Lipinski definition) is 0. The summed E-state index contributed by atoms with van der Waals surface area (Å²) in [6.45, 7) is 6.78. The van der Waals surface area contributed by atoms with Crippen LogP contribution in [0.3, 0.4) is 0 Å². The first-order chi connectivity index (χ1) is 10.5. The molecule has 0 radical (unpaired) electrons. The van der Waals surface area contributed by atoms with E-state index >= 15 is 0 Å². The van der Waals surface area contributed by atoms with Gasteiger partial charge in [0, 0.05) is 38.8 Å². The highest BCUT2D eigenvalue weighted by Gasteiger charge is 2.64.